The van der Waals surface area contributed by atoms with Crippen molar-refractivity contribution in [1.29, 1.82) is 0 Å². The lowest BCUT2D eigenvalue weighted by molar-refractivity contribution is 0.328. The lowest BCUT2D eigenvalue weighted by Gasteiger charge is -2.10. The highest BCUT2D eigenvalue weighted by Crippen LogP contribution is 2.25. The number of anilines is 2. The number of rotatable bonds is 5. The summed E-state index contributed by atoms with van der Waals surface area (Å²) < 4.78 is 5.46. The van der Waals surface area contributed by atoms with Gasteiger partial charge in [-0.3, -0.25) is 0 Å². The molecule has 3 N–H and O–H groups in total. The second kappa shape index (κ2) is 6.19. The summed E-state index contributed by atoms with van der Waals surface area (Å²) in [5.41, 5.74) is 8.17. The Morgan fingerprint density at radius 1 is 1.05 bits per heavy atom. The van der Waals surface area contributed by atoms with E-state index in [1.165, 1.54) is 0 Å². The molecule has 5 nitrogen and oxygen atoms in total. The SMILES string of the molecule is NCCOc1ccc(Nc2cnnc3ccccc23)cc1. The molecular formula is C16H16N4O. The van der Waals surface area contributed by atoms with E-state index in [0.717, 1.165) is 28.0 Å². The second-order valence-electron chi connectivity index (χ2n) is 4.56. The Morgan fingerprint density at radius 2 is 1.86 bits per heavy atom. The van der Waals surface area contributed by atoms with Crippen molar-refractivity contribution in [2.75, 3.05) is 18.5 Å². The number of benzene rings is 2. The van der Waals surface area contributed by atoms with Crippen LogP contribution in [0.2, 0.25) is 0 Å². The lowest BCUT2D eigenvalue weighted by atomic mass is 10.2. The third-order valence-corrected chi connectivity index (χ3v) is 3.07. The number of nitrogens with zero attached hydrogens (tertiary/aromatic N) is 2. The van der Waals surface area contributed by atoms with Gasteiger partial charge in [0.15, 0.2) is 0 Å². The van der Waals surface area contributed by atoms with Gasteiger partial charge in [0.05, 0.1) is 17.4 Å². The highest BCUT2D eigenvalue weighted by atomic mass is 16.5. The van der Waals surface area contributed by atoms with Gasteiger partial charge >= 0.3 is 0 Å². The van der Waals surface area contributed by atoms with Crippen molar-refractivity contribution in [3.05, 3.63) is 54.7 Å². The van der Waals surface area contributed by atoms with Crippen LogP contribution in [-0.4, -0.2) is 23.3 Å². The summed E-state index contributed by atoms with van der Waals surface area (Å²) in [7, 11) is 0. The highest BCUT2D eigenvalue weighted by molar-refractivity contribution is 5.91. The highest BCUT2D eigenvalue weighted by Gasteiger charge is 2.03. The topological polar surface area (TPSA) is 73.1 Å². The Kier molecular flexibility index (Phi) is 3.93. The molecule has 3 aromatic rings. The summed E-state index contributed by atoms with van der Waals surface area (Å²) in [6.07, 6.45) is 1.72. The zero-order chi connectivity index (χ0) is 14.5. The fourth-order valence-corrected chi connectivity index (χ4v) is 2.07. The van der Waals surface area contributed by atoms with E-state index in [1.807, 2.05) is 48.5 Å². The van der Waals surface area contributed by atoms with Gasteiger partial charge in [-0.15, -0.1) is 0 Å². The maximum Gasteiger partial charge on any atom is 0.119 e. The van der Waals surface area contributed by atoms with Gasteiger partial charge in [-0.25, -0.2) is 0 Å². The summed E-state index contributed by atoms with van der Waals surface area (Å²) in [5.74, 6) is 0.809. The van der Waals surface area contributed by atoms with Gasteiger partial charge in [-0.2, -0.15) is 10.2 Å². The molecule has 0 saturated carbocycles. The van der Waals surface area contributed by atoms with Crippen LogP contribution < -0.4 is 15.8 Å². The van der Waals surface area contributed by atoms with E-state index in [1.54, 1.807) is 6.20 Å². The Bertz CT molecular complexity index is 722. The van der Waals surface area contributed by atoms with Crippen molar-refractivity contribution < 1.29 is 4.74 Å². The number of hydrogen-bond acceptors (Lipinski definition) is 5. The van der Waals surface area contributed by atoms with Crippen molar-refractivity contribution >= 4 is 22.3 Å². The van der Waals surface area contributed by atoms with Gasteiger partial charge in [-0.1, -0.05) is 18.2 Å². The molecule has 3 rings (SSSR count). The third-order valence-electron chi connectivity index (χ3n) is 3.07. The van der Waals surface area contributed by atoms with Crippen molar-refractivity contribution in [3.8, 4) is 5.75 Å². The molecule has 0 saturated heterocycles. The van der Waals surface area contributed by atoms with E-state index in [4.69, 9.17) is 10.5 Å². The minimum atomic E-state index is 0.509. The van der Waals surface area contributed by atoms with Crippen LogP contribution in [-0.2, 0) is 0 Å². The molecule has 5 heteroatoms. The summed E-state index contributed by atoms with van der Waals surface area (Å²) in [6, 6.07) is 15.6. The number of nitrogens with two attached hydrogens (primary N) is 1. The summed E-state index contributed by atoms with van der Waals surface area (Å²) in [4.78, 5) is 0. The molecule has 21 heavy (non-hydrogen) atoms. The number of fused-ring (bicyclic) bond motifs is 1. The summed E-state index contributed by atoms with van der Waals surface area (Å²) in [5, 5.41) is 12.5. The molecule has 0 amide bonds. The molecule has 0 fully saturated rings. The largest absolute Gasteiger partial charge is 0.492 e. The molecule has 2 aromatic carbocycles. The van der Waals surface area contributed by atoms with Crippen LogP contribution >= 0.6 is 0 Å². The monoisotopic (exact) mass is 280 g/mol. The quantitative estimate of drug-likeness (QED) is 0.751. The average molecular weight is 280 g/mol. The fourth-order valence-electron chi connectivity index (χ4n) is 2.07. The molecule has 1 heterocycles. The number of ether oxygens (including phenoxy) is 1. The average Bonchev–Trinajstić information content (AvgIpc) is 2.55. The van der Waals surface area contributed by atoms with Gasteiger partial charge in [0.2, 0.25) is 0 Å². The Labute approximate surface area is 122 Å². The normalized spacial score (nSPS) is 10.5. The molecule has 1 aromatic heterocycles. The van der Waals surface area contributed by atoms with Gasteiger partial charge in [-0.05, 0) is 30.3 Å². The lowest BCUT2D eigenvalue weighted by Crippen LogP contribution is -2.10. The first-order chi connectivity index (χ1) is 10.4. The van der Waals surface area contributed by atoms with Crippen molar-refractivity contribution in [2.45, 2.75) is 0 Å². The zero-order valence-corrected chi connectivity index (χ0v) is 11.5. The van der Waals surface area contributed by atoms with Crippen molar-refractivity contribution in [1.82, 2.24) is 10.2 Å². The van der Waals surface area contributed by atoms with Crippen LogP contribution in [0.15, 0.2) is 54.7 Å². The van der Waals surface area contributed by atoms with E-state index in [0.29, 0.717) is 13.2 Å². The maximum atomic E-state index is 5.46. The molecule has 0 radical (unpaired) electrons. The maximum absolute atomic E-state index is 5.46. The number of nitrogens with one attached hydrogen (secondary N) is 1. The predicted molar refractivity (Wildman–Crippen MR) is 83.8 cm³/mol. The van der Waals surface area contributed by atoms with Crippen molar-refractivity contribution in [3.63, 3.8) is 0 Å². The molecule has 0 aliphatic heterocycles. The molecule has 0 bridgehead atoms. The zero-order valence-electron chi connectivity index (χ0n) is 11.5. The standard InChI is InChI=1S/C16H16N4O/c17-9-10-21-13-7-5-12(6-8-13)19-16-11-18-20-15-4-2-1-3-14(15)16/h1-8,11H,9-10,17H2,(H,19,20). The Balaban J connectivity index is 1.82. The van der Waals surface area contributed by atoms with Crippen LogP contribution in [0.4, 0.5) is 11.4 Å². The van der Waals surface area contributed by atoms with E-state index in [-0.39, 0.29) is 0 Å². The molecule has 0 unspecified atom stereocenters. The van der Waals surface area contributed by atoms with Gasteiger partial charge in [0.1, 0.15) is 12.4 Å². The van der Waals surface area contributed by atoms with Crippen LogP contribution in [0.1, 0.15) is 0 Å². The van der Waals surface area contributed by atoms with Crippen LogP contribution in [0.25, 0.3) is 10.9 Å². The number of hydrogen-bond donors (Lipinski definition) is 2. The van der Waals surface area contributed by atoms with E-state index < -0.39 is 0 Å². The van der Waals surface area contributed by atoms with Crippen LogP contribution in [0.5, 0.6) is 5.75 Å². The minimum absolute atomic E-state index is 0.509. The van der Waals surface area contributed by atoms with E-state index in [9.17, 15) is 0 Å². The summed E-state index contributed by atoms with van der Waals surface area (Å²) >= 11 is 0. The van der Waals surface area contributed by atoms with Gasteiger partial charge in [0, 0.05) is 17.6 Å². The third kappa shape index (κ3) is 3.09. The van der Waals surface area contributed by atoms with Crippen molar-refractivity contribution in [2.24, 2.45) is 5.73 Å². The van der Waals surface area contributed by atoms with E-state index in [2.05, 4.69) is 15.5 Å². The van der Waals surface area contributed by atoms with Gasteiger partial charge in [0.25, 0.3) is 0 Å². The first-order valence-corrected chi connectivity index (χ1v) is 6.77. The van der Waals surface area contributed by atoms with Crippen LogP contribution in [0, 0.1) is 0 Å². The van der Waals surface area contributed by atoms with E-state index >= 15 is 0 Å². The van der Waals surface area contributed by atoms with Gasteiger partial charge < -0.3 is 15.8 Å². The smallest absolute Gasteiger partial charge is 0.119 e. The molecule has 0 atom stereocenters. The summed E-state index contributed by atoms with van der Waals surface area (Å²) in [6.45, 7) is 1.03. The molecule has 0 aliphatic rings. The molecular weight excluding hydrogens is 264 g/mol. The Morgan fingerprint density at radius 3 is 2.67 bits per heavy atom. The minimum Gasteiger partial charge on any atom is -0.492 e. The van der Waals surface area contributed by atoms with Crippen LogP contribution in [0.3, 0.4) is 0 Å². The fraction of sp³-hybridized carbons (Fsp3) is 0.125. The first-order valence-electron chi connectivity index (χ1n) is 6.77. The predicted octanol–water partition coefficient (Wildman–Crippen LogP) is 2.71. The number of aromatic nitrogens is 2. The first kappa shape index (κ1) is 13.3. The Hall–Kier alpha value is -2.66. The second-order valence-corrected chi connectivity index (χ2v) is 4.56. The molecule has 0 aliphatic carbocycles. The molecule has 0 spiro atoms. The molecule has 106 valence electrons.